The SMILES string of the molecule is CC(=O)N[C@H]1[C@@H](O[C@H](C)[C@H](N)C(=O)O)O[C@H](CO)[C@H](O)[C@@H]1O[C@@H]1O[C@H](CO)[C@H](O)[C@H](O[C@]2(C(=O)O)C[C@H](O)[C@@H](NC(C)=O)[C@H]([C@H](O)[C@H](O)CO)O2)[C@H]1O. The van der Waals surface area contributed by atoms with Gasteiger partial charge in [0.2, 0.25) is 11.8 Å². The van der Waals surface area contributed by atoms with Crippen molar-refractivity contribution in [2.75, 3.05) is 19.8 Å². The molecular weight excluding hydrogens is 726 g/mol. The first-order valence-corrected chi connectivity index (χ1v) is 16.4. The maximum absolute atomic E-state index is 12.8. The molecular formula is C29H49N3O21. The highest BCUT2D eigenvalue weighted by Crippen LogP contribution is 2.38. The molecule has 3 fully saturated rings. The number of aliphatic carboxylic acids is 2. The van der Waals surface area contributed by atoms with Gasteiger partial charge in [-0.3, -0.25) is 14.4 Å². The van der Waals surface area contributed by atoms with Gasteiger partial charge in [0.25, 0.3) is 5.79 Å². The van der Waals surface area contributed by atoms with Crippen LogP contribution in [0.2, 0.25) is 0 Å². The summed E-state index contributed by atoms with van der Waals surface area (Å²) in [4.78, 5) is 48.3. The molecule has 0 aromatic carbocycles. The number of hydrogen-bond acceptors (Lipinski definition) is 20. The molecule has 3 rings (SSSR count). The van der Waals surface area contributed by atoms with Crippen molar-refractivity contribution in [1.29, 1.82) is 0 Å². The summed E-state index contributed by atoms with van der Waals surface area (Å²) in [5, 5.41) is 119. The number of rotatable bonds is 16. The molecule has 0 unspecified atom stereocenters. The normalized spacial score (nSPS) is 40.0. The van der Waals surface area contributed by atoms with Crippen molar-refractivity contribution in [2.24, 2.45) is 5.73 Å². The predicted octanol–water partition coefficient (Wildman–Crippen LogP) is -8.25. The summed E-state index contributed by atoms with van der Waals surface area (Å²) in [6.07, 6.45) is -27.7. The monoisotopic (exact) mass is 775 g/mol. The first-order chi connectivity index (χ1) is 24.7. The van der Waals surface area contributed by atoms with Gasteiger partial charge >= 0.3 is 11.9 Å². The van der Waals surface area contributed by atoms with Crippen molar-refractivity contribution in [3.8, 4) is 0 Å². The Kier molecular flexibility index (Phi) is 15.8. The van der Waals surface area contributed by atoms with E-state index in [1.165, 1.54) is 6.92 Å². The molecule has 0 saturated carbocycles. The van der Waals surface area contributed by atoms with Gasteiger partial charge in [0, 0.05) is 20.3 Å². The molecule has 24 nitrogen and oxygen atoms in total. The zero-order chi connectivity index (χ0) is 40.1. The molecule has 18 atom stereocenters. The van der Waals surface area contributed by atoms with Gasteiger partial charge in [0.15, 0.2) is 12.6 Å². The smallest absolute Gasteiger partial charge is 0.364 e. The first-order valence-electron chi connectivity index (χ1n) is 16.4. The van der Waals surface area contributed by atoms with Crippen molar-refractivity contribution in [1.82, 2.24) is 10.6 Å². The van der Waals surface area contributed by atoms with E-state index in [0.717, 1.165) is 13.8 Å². The largest absolute Gasteiger partial charge is 0.480 e. The quantitative estimate of drug-likeness (QED) is 0.0692. The van der Waals surface area contributed by atoms with Crippen LogP contribution in [0.15, 0.2) is 0 Å². The van der Waals surface area contributed by atoms with E-state index in [0.29, 0.717) is 0 Å². The number of nitrogens with two attached hydrogens (primary N) is 1. The highest BCUT2D eigenvalue weighted by molar-refractivity contribution is 5.77. The second-order valence-corrected chi connectivity index (χ2v) is 12.9. The van der Waals surface area contributed by atoms with Gasteiger partial charge < -0.3 is 101 Å². The summed E-state index contributed by atoms with van der Waals surface area (Å²) in [6.45, 7) is 0.303. The van der Waals surface area contributed by atoms with E-state index in [9.17, 15) is 75.3 Å². The summed E-state index contributed by atoms with van der Waals surface area (Å²) >= 11 is 0. The van der Waals surface area contributed by atoms with Gasteiger partial charge in [-0.25, -0.2) is 4.79 Å². The third-order valence-electron chi connectivity index (χ3n) is 8.99. The number of aliphatic hydroxyl groups excluding tert-OH is 9. The lowest BCUT2D eigenvalue weighted by molar-refractivity contribution is -0.382. The number of hydrogen-bond donors (Lipinski definition) is 14. The average molecular weight is 776 g/mol. The lowest BCUT2D eigenvalue weighted by Crippen LogP contribution is -2.71. The van der Waals surface area contributed by atoms with E-state index in [2.05, 4.69) is 10.6 Å². The molecule has 15 N–H and O–H groups in total. The predicted molar refractivity (Wildman–Crippen MR) is 166 cm³/mol. The van der Waals surface area contributed by atoms with Crippen molar-refractivity contribution in [2.45, 2.75) is 137 Å². The Balaban J connectivity index is 2.01. The molecule has 0 aromatic heterocycles. The average Bonchev–Trinajstić information content (AvgIpc) is 3.09. The number of carboxylic acids is 2. The highest BCUT2D eigenvalue weighted by Gasteiger charge is 2.60. The van der Waals surface area contributed by atoms with Gasteiger partial charge in [-0.05, 0) is 6.92 Å². The maximum atomic E-state index is 12.8. The summed E-state index contributed by atoms with van der Waals surface area (Å²) in [5.41, 5.74) is 5.64. The Morgan fingerprint density at radius 3 is 1.87 bits per heavy atom. The Morgan fingerprint density at radius 2 is 1.38 bits per heavy atom. The number of carbonyl (C=O) groups is 4. The lowest BCUT2D eigenvalue weighted by Gasteiger charge is -2.51. The maximum Gasteiger partial charge on any atom is 0.364 e. The van der Waals surface area contributed by atoms with Crippen LogP contribution in [-0.2, 0) is 47.6 Å². The van der Waals surface area contributed by atoms with E-state index >= 15 is 0 Å². The Hall–Kier alpha value is -2.76. The molecule has 306 valence electrons. The van der Waals surface area contributed by atoms with E-state index in [4.69, 9.17) is 34.2 Å². The minimum Gasteiger partial charge on any atom is -0.480 e. The molecule has 3 saturated heterocycles. The van der Waals surface area contributed by atoms with Crippen molar-refractivity contribution >= 4 is 23.8 Å². The van der Waals surface area contributed by atoms with Crippen LogP contribution in [0.1, 0.15) is 27.2 Å². The molecule has 3 aliphatic rings. The molecule has 53 heavy (non-hydrogen) atoms. The van der Waals surface area contributed by atoms with Gasteiger partial charge in [-0.1, -0.05) is 0 Å². The Bertz CT molecular complexity index is 1270. The third kappa shape index (κ3) is 10.1. The number of amides is 2. The zero-order valence-corrected chi connectivity index (χ0v) is 28.7. The molecule has 2 amide bonds. The van der Waals surface area contributed by atoms with Crippen LogP contribution >= 0.6 is 0 Å². The molecule has 0 bridgehead atoms. The van der Waals surface area contributed by atoms with E-state index < -0.39 is 160 Å². The van der Waals surface area contributed by atoms with Gasteiger partial charge in [0.05, 0.1) is 38.1 Å². The Labute approximate surface area is 300 Å². The number of ether oxygens (including phenoxy) is 6. The molecule has 3 heterocycles. The van der Waals surface area contributed by atoms with Gasteiger partial charge in [-0.15, -0.1) is 0 Å². The minimum absolute atomic E-state index is 0.766. The van der Waals surface area contributed by atoms with Crippen molar-refractivity contribution < 1.29 is 104 Å². The molecule has 0 radical (unpaired) electrons. The summed E-state index contributed by atoms with van der Waals surface area (Å²) in [7, 11) is 0. The standard InChI is InChI=1S/C29H49N3O21/c1-8(15(30)25(44)45)48-26-17(32-10(3)37)22(19(41)13(6-34)49-26)51-27-21(43)24(20(42)14(7-35)50-27)53-29(28(46)47)4-11(38)16(31-9(2)36)23(52-29)18(40)12(39)5-33/h8,11-24,26-27,33-35,38-43H,4-7,30H2,1-3H3,(H,31,36)(H,32,37)(H,44,45)(H,46,47)/t8-,11+,12-,13-,14-,15+,16-,17-,18-,19+,20+,21-,22-,23-,24+,26+,27+,29+/m1/s1. The summed E-state index contributed by atoms with van der Waals surface area (Å²) in [6, 6.07) is -4.78. The van der Waals surface area contributed by atoms with Crippen LogP contribution < -0.4 is 16.4 Å². The van der Waals surface area contributed by atoms with Crippen LogP contribution in [0.4, 0.5) is 0 Å². The van der Waals surface area contributed by atoms with E-state index in [1.54, 1.807) is 0 Å². The summed E-state index contributed by atoms with van der Waals surface area (Å²) in [5.74, 6) is -8.12. The molecule has 0 aliphatic carbocycles. The first kappa shape index (κ1) is 44.6. The zero-order valence-electron chi connectivity index (χ0n) is 28.7. The number of carbonyl (C=O) groups excluding carboxylic acids is 2. The highest BCUT2D eigenvalue weighted by atomic mass is 16.8. The van der Waals surface area contributed by atoms with E-state index in [1.807, 2.05) is 0 Å². The fourth-order valence-electron chi connectivity index (χ4n) is 6.16. The fourth-order valence-corrected chi connectivity index (χ4v) is 6.16. The fraction of sp³-hybridized carbons (Fsp3) is 0.862. The number of carboxylic acid groups (broad SMARTS) is 2. The molecule has 24 heteroatoms. The topological polar surface area (TPSA) is 396 Å². The summed E-state index contributed by atoms with van der Waals surface area (Å²) < 4.78 is 33.8. The van der Waals surface area contributed by atoms with Gasteiger partial charge in [0.1, 0.15) is 73.1 Å². The van der Waals surface area contributed by atoms with Crippen LogP contribution in [0.25, 0.3) is 0 Å². The molecule has 0 aromatic rings. The van der Waals surface area contributed by atoms with Crippen molar-refractivity contribution in [3.63, 3.8) is 0 Å². The second-order valence-electron chi connectivity index (χ2n) is 12.9. The van der Waals surface area contributed by atoms with Crippen LogP contribution in [0.5, 0.6) is 0 Å². The van der Waals surface area contributed by atoms with Crippen LogP contribution in [-0.4, -0.2) is 209 Å². The van der Waals surface area contributed by atoms with Crippen molar-refractivity contribution in [3.05, 3.63) is 0 Å². The third-order valence-corrected chi connectivity index (χ3v) is 8.99. The number of nitrogens with one attached hydrogen (secondary N) is 2. The lowest BCUT2D eigenvalue weighted by atomic mass is 9.88. The molecule has 3 aliphatic heterocycles. The van der Waals surface area contributed by atoms with Gasteiger partial charge in [-0.2, -0.15) is 0 Å². The second kappa shape index (κ2) is 18.7. The molecule has 0 spiro atoms. The minimum atomic E-state index is -3.10. The number of aliphatic hydroxyl groups is 9. The van der Waals surface area contributed by atoms with E-state index in [-0.39, 0.29) is 0 Å². The van der Waals surface area contributed by atoms with Crippen LogP contribution in [0.3, 0.4) is 0 Å². The Morgan fingerprint density at radius 1 is 0.849 bits per heavy atom. The van der Waals surface area contributed by atoms with Crippen LogP contribution in [0, 0.1) is 0 Å².